The molecule has 1 heterocycles. The van der Waals surface area contributed by atoms with Crippen molar-refractivity contribution in [3.8, 4) is 23.0 Å². The summed E-state index contributed by atoms with van der Waals surface area (Å²) >= 11 is 0. The van der Waals surface area contributed by atoms with Crippen molar-refractivity contribution in [2.45, 2.75) is 24.2 Å². The third-order valence-electron chi connectivity index (χ3n) is 4.96. The quantitative estimate of drug-likeness (QED) is 0.472. The molecule has 152 valence electrons. The highest BCUT2D eigenvalue weighted by Gasteiger charge is 2.38. The van der Waals surface area contributed by atoms with Crippen molar-refractivity contribution in [3.63, 3.8) is 0 Å². The Morgan fingerprint density at radius 1 is 1.04 bits per heavy atom. The van der Waals surface area contributed by atoms with E-state index in [-0.39, 0.29) is 18.1 Å². The van der Waals surface area contributed by atoms with Gasteiger partial charge in [0.25, 0.3) is 0 Å². The minimum absolute atomic E-state index is 0.0108. The lowest BCUT2D eigenvalue weighted by Gasteiger charge is -2.19. The van der Waals surface area contributed by atoms with Gasteiger partial charge in [-0.15, -0.1) is 0 Å². The molecule has 2 aromatic carbocycles. The van der Waals surface area contributed by atoms with E-state index in [4.69, 9.17) is 19.3 Å². The number of hydrogen-bond donors (Lipinski definition) is 5. The maximum atomic E-state index is 10.3. The van der Waals surface area contributed by atoms with E-state index in [2.05, 4.69) is 0 Å². The predicted molar refractivity (Wildman–Crippen MR) is 98.9 cm³/mol. The van der Waals surface area contributed by atoms with E-state index in [0.29, 0.717) is 28.2 Å². The topological polar surface area (TPSA) is 129 Å². The Kier molecular flexibility index (Phi) is 5.95. The zero-order chi connectivity index (χ0) is 20.4. The fourth-order valence-electron chi connectivity index (χ4n) is 3.43. The fourth-order valence-corrected chi connectivity index (χ4v) is 3.43. The van der Waals surface area contributed by atoms with Crippen molar-refractivity contribution in [2.24, 2.45) is 0 Å². The van der Waals surface area contributed by atoms with Crippen LogP contribution in [0.5, 0.6) is 23.0 Å². The summed E-state index contributed by atoms with van der Waals surface area (Å²) in [5.41, 5.74) is 1.63. The molecule has 3 rings (SSSR count). The molecule has 0 spiro atoms. The molecular weight excluding hydrogens is 368 g/mol. The highest BCUT2D eigenvalue weighted by molar-refractivity contribution is 5.56. The van der Waals surface area contributed by atoms with Gasteiger partial charge in [-0.1, -0.05) is 6.07 Å². The van der Waals surface area contributed by atoms with Crippen molar-refractivity contribution >= 4 is 0 Å². The largest absolute Gasteiger partial charge is 0.504 e. The highest BCUT2D eigenvalue weighted by atomic mass is 16.5. The molecule has 0 fully saturated rings. The molecule has 8 nitrogen and oxygen atoms in total. The van der Waals surface area contributed by atoms with Crippen LogP contribution in [0.25, 0.3) is 0 Å². The number of phenolic OH excluding ortho intramolecular Hbond substituents is 1. The first-order valence-electron chi connectivity index (χ1n) is 8.78. The van der Waals surface area contributed by atoms with Crippen molar-refractivity contribution in [2.75, 3.05) is 27.4 Å². The van der Waals surface area contributed by atoms with Crippen molar-refractivity contribution in [3.05, 3.63) is 47.0 Å². The molecule has 1 aliphatic rings. The molecule has 0 saturated carbocycles. The Balaban J connectivity index is 2.04. The van der Waals surface area contributed by atoms with Crippen LogP contribution in [0.15, 0.2) is 30.3 Å². The smallest absolute Gasteiger partial charge is 0.165 e. The number of aromatic hydroxyl groups is 1. The Morgan fingerprint density at radius 2 is 1.75 bits per heavy atom. The van der Waals surface area contributed by atoms with Crippen LogP contribution in [0.3, 0.4) is 0 Å². The standard InChI is InChI=1S/C20H24O8/c1-26-16-6-10(3-4-14(16)23)19-13(8-21)12-5-11(18(25)15(24)9-22)7-17(27-2)20(12)28-19/h3-7,13,15,18-19,21-25H,8-9H2,1-2H3/t13-,15-,18+,19-/m1/s1. The lowest BCUT2D eigenvalue weighted by molar-refractivity contribution is -0.0153. The first kappa shape index (κ1) is 20.2. The van der Waals surface area contributed by atoms with Crippen LogP contribution in [0.4, 0.5) is 0 Å². The van der Waals surface area contributed by atoms with Gasteiger partial charge in [0.1, 0.15) is 18.3 Å². The van der Waals surface area contributed by atoms with Gasteiger partial charge in [0.2, 0.25) is 0 Å². The number of phenols is 1. The number of hydrogen-bond acceptors (Lipinski definition) is 8. The number of aliphatic hydroxyl groups excluding tert-OH is 4. The van der Waals surface area contributed by atoms with Gasteiger partial charge >= 0.3 is 0 Å². The molecule has 0 aliphatic carbocycles. The van der Waals surface area contributed by atoms with Gasteiger partial charge in [-0.25, -0.2) is 0 Å². The molecule has 0 unspecified atom stereocenters. The van der Waals surface area contributed by atoms with E-state index in [1.54, 1.807) is 18.2 Å². The summed E-state index contributed by atoms with van der Waals surface area (Å²) < 4.78 is 16.6. The molecule has 0 saturated heterocycles. The maximum absolute atomic E-state index is 10.3. The van der Waals surface area contributed by atoms with E-state index in [9.17, 15) is 20.4 Å². The Hall–Kier alpha value is -2.52. The maximum Gasteiger partial charge on any atom is 0.165 e. The lowest BCUT2D eigenvalue weighted by Crippen LogP contribution is -2.22. The second-order valence-electron chi connectivity index (χ2n) is 6.60. The van der Waals surface area contributed by atoms with Crippen LogP contribution in [-0.4, -0.2) is 59.1 Å². The Bertz CT molecular complexity index is 837. The van der Waals surface area contributed by atoms with Crippen molar-refractivity contribution in [1.82, 2.24) is 0 Å². The molecular formula is C20H24O8. The van der Waals surface area contributed by atoms with Crippen LogP contribution in [0.2, 0.25) is 0 Å². The summed E-state index contributed by atoms with van der Waals surface area (Å²) in [5, 5.41) is 49.0. The number of aliphatic hydroxyl groups is 4. The first-order chi connectivity index (χ1) is 13.4. The average molecular weight is 392 g/mol. The summed E-state index contributed by atoms with van der Waals surface area (Å²) in [4.78, 5) is 0. The lowest BCUT2D eigenvalue weighted by atomic mass is 9.89. The Labute approximate surface area is 162 Å². The van der Waals surface area contributed by atoms with E-state index in [1.807, 2.05) is 0 Å². The second-order valence-corrected chi connectivity index (χ2v) is 6.60. The average Bonchev–Trinajstić information content (AvgIpc) is 3.10. The number of fused-ring (bicyclic) bond motifs is 1. The van der Waals surface area contributed by atoms with Crippen LogP contribution < -0.4 is 14.2 Å². The minimum atomic E-state index is -1.35. The summed E-state index contributed by atoms with van der Waals surface area (Å²) in [5.74, 6) is 0.555. The van der Waals surface area contributed by atoms with Crippen LogP contribution >= 0.6 is 0 Å². The van der Waals surface area contributed by atoms with Gasteiger partial charge < -0.3 is 39.7 Å². The fraction of sp³-hybridized carbons (Fsp3) is 0.400. The number of rotatable bonds is 7. The van der Waals surface area contributed by atoms with Gasteiger partial charge in [0.05, 0.1) is 33.4 Å². The molecule has 0 amide bonds. The van der Waals surface area contributed by atoms with E-state index in [0.717, 1.165) is 0 Å². The van der Waals surface area contributed by atoms with Gasteiger partial charge in [-0.05, 0) is 35.4 Å². The van der Waals surface area contributed by atoms with E-state index >= 15 is 0 Å². The van der Waals surface area contributed by atoms with Crippen LogP contribution in [0, 0.1) is 0 Å². The SMILES string of the molecule is COc1cc([C@H]2Oc3c(OC)cc([C@H](O)[C@H](O)CO)cc3[C@H]2CO)ccc1O. The normalized spacial score (nSPS) is 20.2. The van der Waals surface area contributed by atoms with Crippen molar-refractivity contribution < 1.29 is 39.7 Å². The monoisotopic (exact) mass is 392 g/mol. The van der Waals surface area contributed by atoms with Crippen molar-refractivity contribution in [1.29, 1.82) is 0 Å². The van der Waals surface area contributed by atoms with Gasteiger partial charge in [-0.3, -0.25) is 0 Å². The van der Waals surface area contributed by atoms with E-state index < -0.39 is 30.8 Å². The van der Waals surface area contributed by atoms with Gasteiger partial charge in [-0.2, -0.15) is 0 Å². The molecule has 2 aromatic rings. The molecule has 4 atom stereocenters. The molecule has 28 heavy (non-hydrogen) atoms. The molecule has 0 radical (unpaired) electrons. The summed E-state index contributed by atoms with van der Waals surface area (Å²) in [7, 11) is 2.89. The van der Waals surface area contributed by atoms with Crippen LogP contribution in [-0.2, 0) is 0 Å². The van der Waals surface area contributed by atoms with Gasteiger partial charge in [0, 0.05) is 5.56 Å². The Morgan fingerprint density at radius 3 is 2.36 bits per heavy atom. The number of benzene rings is 2. The molecule has 0 bridgehead atoms. The number of ether oxygens (including phenoxy) is 3. The highest BCUT2D eigenvalue weighted by Crippen LogP contribution is 2.52. The zero-order valence-electron chi connectivity index (χ0n) is 15.6. The van der Waals surface area contributed by atoms with Gasteiger partial charge in [0.15, 0.2) is 23.0 Å². The van der Waals surface area contributed by atoms with E-state index in [1.165, 1.54) is 26.4 Å². The third-order valence-corrected chi connectivity index (χ3v) is 4.96. The number of methoxy groups -OCH3 is 2. The third kappa shape index (κ3) is 3.47. The summed E-state index contributed by atoms with van der Waals surface area (Å²) in [6, 6.07) is 7.94. The summed E-state index contributed by atoms with van der Waals surface area (Å²) in [6.07, 6.45) is -3.25. The molecule has 0 aromatic heterocycles. The van der Waals surface area contributed by atoms with Crippen LogP contribution in [0.1, 0.15) is 34.8 Å². The minimum Gasteiger partial charge on any atom is -0.504 e. The molecule has 8 heteroatoms. The molecule has 5 N–H and O–H groups in total. The second kappa shape index (κ2) is 8.24. The summed E-state index contributed by atoms with van der Waals surface area (Å²) in [6.45, 7) is -0.845. The zero-order valence-corrected chi connectivity index (χ0v) is 15.6. The predicted octanol–water partition coefficient (Wildman–Crippen LogP) is 1.01. The molecule has 1 aliphatic heterocycles. The first-order valence-corrected chi connectivity index (χ1v) is 8.78.